The first-order valence-corrected chi connectivity index (χ1v) is 6.31. The minimum absolute atomic E-state index is 0.230. The largest absolute Gasteiger partial charge is 0.368 e. The van der Waals surface area contributed by atoms with Crippen molar-refractivity contribution in [2.75, 3.05) is 19.6 Å². The fraction of sp³-hybridized carbons (Fsp3) is 0.917. The zero-order valence-electron chi connectivity index (χ0n) is 10.8. The van der Waals surface area contributed by atoms with Crippen molar-refractivity contribution in [1.82, 2.24) is 10.2 Å². The normalized spacial score (nSPS) is 19.8. The molecule has 0 radical (unpaired) electrons. The van der Waals surface area contributed by atoms with Crippen molar-refractivity contribution >= 4 is 5.91 Å². The third-order valence-corrected chi connectivity index (χ3v) is 3.47. The van der Waals surface area contributed by atoms with Gasteiger partial charge >= 0.3 is 0 Å². The first kappa shape index (κ1) is 13.5. The second kappa shape index (κ2) is 5.64. The van der Waals surface area contributed by atoms with Crippen molar-refractivity contribution < 1.29 is 4.79 Å². The smallest absolute Gasteiger partial charge is 0.237 e. The van der Waals surface area contributed by atoms with E-state index in [1.807, 2.05) is 6.92 Å². The number of hydrogen-bond acceptors (Lipinski definition) is 3. The maximum atomic E-state index is 11.5. The Hall–Kier alpha value is -0.610. The van der Waals surface area contributed by atoms with Crippen LogP contribution in [0.2, 0.25) is 0 Å². The number of hydrogen-bond donors (Lipinski definition) is 2. The molecule has 1 amide bonds. The minimum atomic E-state index is -0.538. The van der Waals surface area contributed by atoms with Gasteiger partial charge in [-0.3, -0.25) is 4.79 Å². The highest BCUT2D eigenvalue weighted by molar-refractivity contribution is 5.84. The summed E-state index contributed by atoms with van der Waals surface area (Å²) >= 11 is 0. The van der Waals surface area contributed by atoms with Crippen LogP contribution in [0.15, 0.2) is 0 Å². The molecule has 94 valence electrons. The van der Waals surface area contributed by atoms with Crippen molar-refractivity contribution in [3.63, 3.8) is 0 Å². The molecular formula is C12H25N3O. The van der Waals surface area contributed by atoms with Gasteiger partial charge in [-0.1, -0.05) is 13.8 Å². The molecule has 1 aliphatic rings. The van der Waals surface area contributed by atoms with Crippen LogP contribution in [0.3, 0.4) is 0 Å². The number of rotatable bonds is 8. The zero-order chi connectivity index (χ0) is 12.2. The number of nitrogens with zero attached hydrogens (tertiary/aromatic N) is 1. The van der Waals surface area contributed by atoms with Gasteiger partial charge in [0.2, 0.25) is 5.91 Å². The summed E-state index contributed by atoms with van der Waals surface area (Å²) in [5.74, 6) is -0.230. The third kappa shape index (κ3) is 3.76. The van der Waals surface area contributed by atoms with E-state index in [2.05, 4.69) is 24.1 Å². The zero-order valence-corrected chi connectivity index (χ0v) is 10.8. The molecule has 1 fully saturated rings. The number of amides is 1. The first-order chi connectivity index (χ1) is 7.51. The Morgan fingerprint density at radius 3 is 2.38 bits per heavy atom. The SMILES string of the molecule is CCN(CC)CCC(C)(NC1CC1)C(N)=O. The molecule has 0 aliphatic heterocycles. The van der Waals surface area contributed by atoms with Gasteiger partial charge < -0.3 is 16.0 Å². The lowest BCUT2D eigenvalue weighted by Crippen LogP contribution is -2.55. The fourth-order valence-electron chi connectivity index (χ4n) is 1.87. The van der Waals surface area contributed by atoms with Crippen molar-refractivity contribution in [2.24, 2.45) is 5.73 Å². The summed E-state index contributed by atoms with van der Waals surface area (Å²) in [5.41, 5.74) is 4.96. The van der Waals surface area contributed by atoms with E-state index in [1.54, 1.807) is 0 Å². The van der Waals surface area contributed by atoms with Crippen molar-refractivity contribution in [3.8, 4) is 0 Å². The molecule has 0 heterocycles. The lowest BCUT2D eigenvalue weighted by Gasteiger charge is -2.30. The van der Waals surface area contributed by atoms with Crippen LogP contribution in [0.1, 0.15) is 40.0 Å². The molecule has 1 aliphatic carbocycles. The van der Waals surface area contributed by atoms with Crippen LogP contribution in [-0.4, -0.2) is 42.0 Å². The van der Waals surface area contributed by atoms with E-state index in [9.17, 15) is 4.79 Å². The summed E-state index contributed by atoms with van der Waals surface area (Å²) in [4.78, 5) is 13.8. The summed E-state index contributed by atoms with van der Waals surface area (Å²) in [6.07, 6.45) is 3.14. The Bertz CT molecular complexity index is 236. The lowest BCUT2D eigenvalue weighted by molar-refractivity contribution is -0.124. The van der Waals surface area contributed by atoms with Crippen LogP contribution in [0, 0.1) is 0 Å². The summed E-state index contributed by atoms with van der Waals surface area (Å²) in [5, 5.41) is 3.37. The number of primary amides is 1. The van der Waals surface area contributed by atoms with E-state index in [-0.39, 0.29) is 5.91 Å². The quantitative estimate of drug-likeness (QED) is 0.642. The van der Waals surface area contributed by atoms with Gasteiger partial charge in [0.15, 0.2) is 0 Å². The fourth-order valence-corrected chi connectivity index (χ4v) is 1.87. The van der Waals surface area contributed by atoms with Gasteiger partial charge in [0.25, 0.3) is 0 Å². The molecule has 1 saturated carbocycles. The second-order valence-electron chi connectivity index (χ2n) is 4.89. The molecule has 4 nitrogen and oxygen atoms in total. The molecule has 1 unspecified atom stereocenters. The predicted molar refractivity (Wildman–Crippen MR) is 66.2 cm³/mol. The van der Waals surface area contributed by atoms with Crippen molar-refractivity contribution in [2.45, 2.75) is 51.6 Å². The molecule has 4 heteroatoms. The Morgan fingerprint density at radius 1 is 1.44 bits per heavy atom. The van der Waals surface area contributed by atoms with Gasteiger partial charge in [0.1, 0.15) is 0 Å². The number of carbonyl (C=O) groups is 1. The molecule has 3 N–H and O–H groups in total. The van der Waals surface area contributed by atoms with Crippen LogP contribution >= 0.6 is 0 Å². The maximum absolute atomic E-state index is 11.5. The topological polar surface area (TPSA) is 58.4 Å². The molecule has 0 aromatic carbocycles. The van der Waals surface area contributed by atoms with Crippen molar-refractivity contribution in [3.05, 3.63) is 0 Å². The van der Waals surface area contributed by atoms with Gasteiger partial charge in [-0.15, -0.1) is 0 Å². The standard InChI is InChI=1S/C12H25N3O/c1-4-15(5-2)9-8-12(3,11(13)16)14-10-6-7-10/h10,14H,4-9H2,1-3H3,(H2,13,16). The number of nitrogens with one attached hydrogen (secondary N) is 1. The molecule has 0 aromatic rings. The average Bonchev–Trinajstić information content (AvgIpc) is 3.03. The van der Waals surface area contributed by atoms with Gasteiger partial charge in [-0.25, -0.2) is 0 Å². The Balaban J connectivity index is 2.45. The van der Waals surface area contributed by atoms with Crippen molar-refractivity contribution in [1.29, 1.82) is 0 Å². The highest BCUT2D eigenvalue weighted by atomic mass is 16.1. The van der Waals surface area contributed by atoms with Crippen LogP contribution in [-0.2, 0) is 4.79 Å². The third-order valence-electron chi connectivity index (χ3n) is 3.47. The van der Waals surface area contributed by atoms with E-state index in [4.69, 9.17) is 5.73 Å². The Labute approximate surface area is 98.6 Å². The van der Waals surface area contributed by atoms with Crippen LogP contribution in [0.25, 0.3) is 0 Å². The van der Waals surface area contributed by atoms with E-state index >= 15 is 0 Å². The molecule has 1 rings (SSSR count). The molecule has 0 bridgehead atoms. The maximum Gasteiger partial charge on any atom is 0.237 e. The number of nitrogens with two attached hydrogens (primary N) is 1. The highest BCUT2D eigenvalue weighted by Crippen LogP contribution is 2.24. The predicted octanol–water partition coefficient (Wildman–Crippen LogP) is 0.714. The summed E-state index contributed by atoms with van der Waals surface area (Å²) in [6.45, 7) is 9.17. The van der Waals surface area contributed by atoms with E-state index in [1.165, 1.54) is 12.8 Å². The molecule has 0 spiro atoms. The van der Waals surface area contributed by atoms with Gasteiger partial charge in [0, 0.05) is 12.6 Å². The van der Waals surface area contributed by atoms with Crippen LogP contribution in [0.5, 0.6) is 0 Å². The molecule has 1 atom stereocenters. The van der Waals surface area contributed by atoms with E-state index < -0.39 is 5.54 Å². The summed E-state index contributed by atoms with van der Waals surface area (Å²) in [6, 6.07) is 0.509. The Kier molecular flexibility index (Phi) is 4.74. The van der Waals surface area contributed by atoms with Gasteiger partial charge in [0.05, 0.1) is 5.54 Å². The summed E-state index contributed by atoms with van der Waals surface area (Å²) < 4.78 is 0. The molecule has 0 aromatic heterocycles. The Morgan fingerprint density at radius 2 is 2.00 bits per heavy atom. The van der Waals surface area contributed by atoms with E-state index in [0.717, 1.165) is 26.1 Å². The minimum Gasteiger partial charge on any atom is -0.368 e. The van der Waals surface area contributed by atoms with Gasteiger partial charge in [-0.2, -0.15) is 0 Å². The number of carbonyl (C=O) groups excluding carboxylic acids is 1. The monoisotopic (exact) mass is 227 g/mol. The average molecular weight is 227 g/mol. The molecule has 16 heavy (non-hydrogen) atoms. The van der Waals surface area contributed by atoms with Gasteiger partial charge in [-0.05, 0) is 39.3 Å². The first-order valence-electron chi connectivity index (χ1n) is 6.31. The van der Waals surface area contributed by atoms with Crippen LogP contribution in [0.4, 0.5) is 0 Å². The molecule has 0 saturated heterocycles. The summed E-state index contributed by atoms with van der Waals surface area (Å²) in [7, 11) is 0. The lowest BCUT2D eigenvalue weighted by atomic mass is 9.96. The van der Waals surface area contributed by atoms with Crippen LogP contribution < -0.4 is 11.1 Å². The molecular weight excluding hydrogens is 202 g/mol. The highest BCUT2D eigenvalue weighted by Gasteiger charge is 2.36. The second-order valence-corrected chi connectivity index (χ2v) is 4.89. The van der Waals surface area contributed by atoms with E-state index in [0.29, 0.717) is 6.04 Å².